The summed E-state index contributed by atoms with van der Waals surface area (Å²) in [4.78, 5) is 11.8. The second-order valence-electron chi connectivity index (χ2n) is 4.76. The van der Waals surface area contributed by atoms with Gasteiger partial charge < -0.3 is 10.6 Å². The van der Waals surface area contributed by atoms with Crippen LogP contribution in [0, 0.1) is 0 Å². The molecule has 0 fully saturated rings. The van der Waals surface area contributed by atoms with Gasteiger partial charge in [-0.1, -0.05) is 41.9 Å². The third-order valence-corrected chi connectivity index (χ3v) is 3.72. The Labute approximate surface area is 116 Å². The molecule has 2 amide bonds. The van der Waals surface area contributed by atoms with E-state index in [1.165, 1.54) is 0 Å². The molecule has 2 aromatic carbocycles. The van der Waals surface area contributed by atoms with Gasteiger partial charge >= 0.3 is 6.03 Å². The minimum atomic E-state index is -0.580. The minimum Gasteiger partial charge on any atom is -0.324 e. The number of nitrogens with one attached hydrogen (secondary N) is 2. The van der Waals surface area contributed by atoms with Crippen molar-refractivity contribution in [1.82, 2.24) is 5.32 Å². The lowest BCUT2D eigenvalue weighted by molar-refractivity contribution is 0.242. The molecule has 0 spiro atoms. The molecule has 3 nitrogen and oxygen atoms in total. The highest BCUT2D eigenvalue weighted by molar-refractivity contribution is 6.30. The van der Waals surface area contributed by atoms with E-state index >= 15 is 0 Å². The molecular weight excluding hydrogens is 260 g/mol. The maximum absolute atomic E-state index is 11.8. The summed E-state index contributed by atoms with van der Waals surface area (Å²) >= 11 is 6.09. The molecule has 4 heteroatoms. The molecule has 19 heavy (non-hydrogen) atoms. The van der Waals surface area contributed by atoms with Crippen LogP contribution >= 0.6 is 11.6 Å². The molecule has 1 aliphatic rings. The number of benzene rings is 2. The monoisotopic (exact) mass is 272 g/mol. The van der Waals surface area contributed by atoms with Crippen LogP contribution in [0.5, 0.6) is 0 Å². The lowest BCUT2D eigenvalue weighted by atomic mass is 9.82. The number of hydrogen-bond acceptors (Lipinski definition) is 1. The third-order valence-electron chi connectivity index (χ3n) is 3.48. The van der Waals surface area contributed by atoms with Crippen LogP contribution in [0.1, 0.15) is 18.1 Å². The molecule has 0 aliphatic carbocycles. The molecule has 2 aromatic rings. The molecule has 0 bridgehead atoms. The fourth-order valence-corrected chi connectivity index (χ4v) is 2.66. The van der Waals surface area contributed by atoms with E-state index in [0.717, 1.165) is 16.8 Å². The van der Waals surface area contributed by atoms with Gasteiger partial charge in [-0.05, 0) is 30.7 Å². The van der Waals surface area contributed by atoms with Gasteiger partial charge in [-0.15, -0.1) is 0 Å². The quantitative estimate of drug-likeness (QED) is 0.816. The first-order valence-electron chi connectivity index (χ1n) is 6.04. The number of carbonyl (C=O) groups is 1. The topological polar surface area (TPSA) is 41.1 Å². The molecule has 2 N–H and O–H groups in total. The number of amides is 2. The molecule has 1 aliphatic heterocycles. The average molecular weight is 273 g/mol. The van der Waals surface area contributed by atoms with Gasteiger partial charge in [0, 0.05) is 16.3 Å². The molecule has 0 radical (unpaired) electrons. The van der Waals surface area contributed by atoms with Crippen LogP contribution < -0.4 is 10.6 Å². The Bertz CT molecular complexity index is 642. The Morgan fingerprint density at radius 3 is 2.58 bits per heavy atom. The van der Waals surface area contributed by atoms with Crippen molar-refractivity contribution in [3.05, 3.63) is 64.7 Å². The zero-order valence-corrected chi connectivity index (χ0v) is 11.2. The predicted octanol–water partition coefficient (Wildman–Crippen LogP) is 3.74. The fourth-order valence-electron chi connectivity index (χ4n) is 2.49. The molecule has 1 heterocycles. The Balaban J connectivity index is 2.23. The van der Waals surface area contributed by atoms with Crippen LogP contribution in [-0.2, 0) is 5.54 Å². The summed E-state index contributed by atoms with van der Waals surface area (Å²) in [5.74, 6) is 0. The number of urea groups is 1. The van der Waals surface area contributed by atoms with Crippen molar-refractivity contribution >= 4 is 23.3 Å². The zero-order chi connectivity index (χ0) is 13.5. The first kappa shape index (κ1) is 12.1. The summed E-state index contributed by atoms with van der Waals surface area (Å²) < 4.78 is 0. The maximum Gasteiger partial charge on any atom is 0.320 e. The van der Waals surface area contributed by atoms with Crippen LogP contribution in [0.25, 0.3) is 0 Å². The summed E-state index contributed by atoms with van der Waals surface area (Å²) in [6, 6.07) is 15.1. The molecule has 1 atom stereocenters. The summed E-state index contributed by atoms with van der Waals surface area (Å²) in [5, 5.41) is 6.44. The van der Waals surface area contributed by atoms with Crippen molar-refractivity contribution in [2.45, 2.75) is 12.5 Å². The van der Waals surface area contributed by atoms with Crippen molar-refractivity contribution in [1.29, 1.82) is 0 Å². The number of halogens is 1. The van der Waals surface area contributed by atoms with Crippen molar-refractivity contribution in [2.24, 2.45) is 0 Å². The summed E-state index contributed by atoms with van der Waals surface area (Å²) in [6.45, 7) is 1.98. The van der Waals surface area contributed by atoms with E-state index in [4.69, 9.17) is 11.6 Å². The van der Waals surface area contributed by atoms with Crippen molar-refractivity contribution < 1.29 is 4.79 Å². The van der Waals surface area contributed by atoms with E-state index in [9.17, 15) is 4.79 Å². The zero-order valence-electron chi connectivity index (χ0n) is 10.4. The molecule has 96 valence electrons. The molecule has 3 rings (SSSR count). The lowest BCUT2D eigenvalue weighted by Crippen LogP contribution is -2.50. The SMILES string of the molecule is CC1(c2ccccc2)NC(=O)Nc2ccc(Cl)cc21. The van der Waals surface area contributed by atoms with Crippen LogP contribution in [0.4, 0.5) is 10.5 Å². The van der Waals surface area contributed by atoms with E-state index in [2.05, 4.69) is 10.6 Å². The molecule has 1 unspecified atom stereocenters. The van der Waals surface area contributed by atoms with Gasteiger partial charge in [-0.25, -0.2) is 4.79 Å². The van der Waals surface area contributed by atoms with Crippen LogP contribution in [0.15, 0.2) is 48.5 Å². The summed E-state index contributed by atoms with van der Waals surface area (Å²) in [7, 11) is 0. The lowest BCUT2D eigenvalue weighted by Gasteiger charge is -2.37. The normalized spacial score (nSPS) is 21.3. The maximum atomic E-state index is 11.8. The Hall–Kier alpha value is -2.00. The van der Waals surface area contributed by atoms with Crippen molar-refractivity contribution in [3.8, 4) is 0 Å². The highest BCUT2D eigenvalue weighted by Crippen LogP contribution is 2.38. The number of hydrogen-bond donors (Lipinski definition) is 2. The first-order chi connectivity index (χ1) is 9.09. The van der Waals surface area contributed by atoms with Crippen LogP contribution in [0.3, 0.4) is 0 Å². The Morgan fingerprint density at radius 2 is 1.84 bits per heavy atom. The largest absolute Gasteiger partial charge is 0.324 e. The van der Waals surface area contributed by atoms with Gasteiger partial charge in [0.1, 0.15) is 0 Å². The van der Waals surface area contributed by atoms with Crippen molar-refractivity contribution in [3.63, 3.8) is 0 Å². The van der Waals surface area contributed by atoms with Crippen LogP contribution in [-0.4, -0.2) is 6.03 Å². The van der Waals surface area contributed by atoms with Gasteiger partial charge in [-0.2, -0.15) is 0 Å². The smallest absolute Gasteiger partial charge is 0.320 e. The third kappa shape index (κ3) is 1.96. The average Bonchev–Trinajstić information content (AvgIpc) is 2.41. The molecule has 0 saturated carbocycles. The number of carbonyl (C=O) groups excluding carboxylic acids is 1. The van der Waals surface area contributed by atoms with Gasteiger partial charge in [-0.3, -0.25) is 0 Å². The van der Waals surface area contributed by atoms with Gasteiger partial charge in [0.2, 0.25) is 0 Å². The molecular formula is C15H13ClN2O. The van der Waals surface area contributed by atoms with E-state index in [0.29, 0.717) is 5.02 Å². The van der Waals surface area contributed by atoms with E-state index < -0.39 is 5.54 Å². The second-order valence-corrected chi connectivity index (χ2v) is 5.20. The minimum absolute atomic E-state index is 0.207. The predicted molar refractivity (Wildman–Crippen MR) is 76.5 cm³/mol. The van der Waals surface area contributed by atoms with E-state index in [1.807, 2.05) is 49.4 Å². The second kappa shape index (κ2) is 4.28. The van der Waals surface area contributed by atoms with Gasteiger partial charge in [0.05, 0.1) is 5.54 Å². The number of rotatable bonds is 1. The van der Waals surface area contributed by atoms with E-state index in [1.54, 1.807) is 6.07 Å². The van der Waals surface area contributed by atoms with Crippen molar-refractivity contribution in [2.75, 3.05) is 5.32 Å². The first-order valence-corrected chi connectivity index (χ1v) is 6.42. The molecule has 0 saturated heterocycles. The van der Waals surface area contributed by atoms with Gasteiger partial charge in [0.15, 0.2) is 0 Å². The molecule has 0 aromatic heterocycles. The van der Waals surface area contributed by atoms with E-state index in [-0.39, 0.29) is 6.03 Å². The van der Waals surface area contributed by atoms with Crippen LogP contribution in [0.2, 0.25) is 5.02 Å². The Morgan fingerprint density at radius 1 is 1.11 bits per heavy atom. The highest BCUT2D eigenvalue weighted by atomic mass is 35.5. The standard InChI is InChI=1S/C15H13ClN2O/c1-15(10-5-3-2-4-6-10)12-9-11(16)7-8-13(12)17-14(19)18-15/h2-9H,1H3,(H2,17,18,19). The Kier molecular flexibility index (Phi) is 2.72. The number of fused-ring (bicyclic) bond motifs is 1. The highest BCUT2D eigenvalue weighted by Gasteiger charge is 2.36. The van der Waals surface area contributed by atoms with Gasteiger partial charge in [0.25, 0.3) is 0 Å². The number of anilines is 1. The summed E-state index contributed by atoms with van der Waals surface area (Å²) in [5.41, 5.74) is 2.20. The summed E-state index contributed by atoms with van der Waals surface area (Å²) in [6.07, 6.45) is 0. The fraction of sp³-hybridized carbons (Fsp3) is 0.133.